The molecule has 0 amide bonds. The van der Waals surface area contributed by atoms with Crippen molar-refractivity contribution >= 4 is 34.1 Å². The van der Waals surface area contributed by atoms with Crippen LogP contribution in [0.5, 0.6) is 0 Å². The number of nitrogens with zero attached hydrogens (tertiary/aromatic N) is 3. The van der Waals surface area contributed by atoms with Crippen molar-refractivity contribution in [3.63, 3.8) is 0 Å². The molecule has 2 aromatic heterocycles. The number of nitriles is 1. The number of hydrogen-bond acceptors (Lipinski definition) is 2. The molecule has 1 aliphatic rings. The summed E-state index contributed by atoms with van der Waals surface area (Å²) in [7, 11) is 0. The SMILES string of the molecule is CCc1c(C)c(C#N)c2[nH]c3ccccc3[n+]2c1N1CC[NH+](Cc2ccc(Cl)cc2)CC1. The van der Waals surface area contributed by atoms with Crippen molar-refractivity contribution in [3.05, 3.63) is 75.8 Å². The van der Waals surface area contributed by atoms with Gasteiger partial charge in [-0.15, -0.1) is 0 Å². The van der Waals surface area contributed by atoms with Crippen LogP contribution >= 0.6 is 11.6 Å². The number of anilines is 1. The van der Waals surface area contributed by atoms with Gasteiger partial charge < -0.3 is 4.90 Å². The van der Waals surface area contributed by atoms with E-state index in [1.165, 1.54) is 16.9 Å². The van der Waals surface area contributed by atoms with Gasteiger partial charge in [-0.1, -0.05) is 42.8 Å². The van der Waals surface area contributed by atoms with Gasteiger partial charge in [0.25, 0.3) is 0 Å². The monoisotopic (exact) mass is 445 g/mol. The largest absolute Gasteiger partial charge is 0.326 e. The van der Waals surface area contributed by atoms with Crippen molar-refractivity contribution in [2.45, 2.75) is 26.8 Å². The summed E-state index contributed by atoms with van der Waals surface area (Å²) in [5, 5.41) is 10.7. The Bertz CT molecular complexity index is 1320. The minimum Gasteiger partial charge on any atom is -0.326 e. The number of quaternary nitrogens is 1. The maximum absolute atomic E-state index is 9.95. The maximum Gasteiger partial charge on any atom is 0.250 e. The van der Waals surface area contributed by atoms with E-state index in [9.17, 15) is 5.26 Å². The zero-order valence-corrected chi connectivity index (χ0v) is 19.3. The molecule has 0 radical (unpaired) electrons. The fraction of sp³-hybridized carbons (Fsp3) is 0.308. The fourth-order valence-corrected chi connectivity index (χ4v) is 5.22. The lowest BCUT2D eigenvalue weighted by atomic mass is 10.0. The van der Waals surface area contributed by atoms with E-state index in [0.29, 0.717) is 0 Å². The number of aromatic amines is 1. The van der Waals surface area contributed by atoms with Gasteiger partial charge in [-0.25, -0.2) is 0 Å². The Kier molecular flexibility index (Phi) is 5.50. The highest BCUT2D eigenvalue weighted by Gasteiger charge is 2.32. The molecule has 0 unspecified atom stereocenters. The number of hydrogen-bond donors (Lipinski definition) is 2. The van der Waals surface area contributed by atoms with E-state index >= 15 is 0 Å². The molecule has 0 bridgehead atoms. The Hall–Kier alpha value is -3.07. The summed E-state index contributed by atoms with van der Waals surface area (Å²) in [5.74, 6) is 1.24. The highest BCUT2D eigenvalue weighted by Crippen LogP contribution is 2.28. The molecule has 0 aliphatic carbocycles. The number of benzene rings is 2. The molecule has 0 spiro atoms. The number of pyridine rings is 1. The Morgan fingerprint density at radius 1 is 1.12 bits per heavy atom. The van der Waals surface area contributed by atoms with Gasteiger partial charge >= 0.3 is 0 Å². The molecular weight excluding hydrogens is 418 g/mol. The minimum atomic E-state index is 0.744. The Balaban J connectivity index is 1.53. The van der Waals surface area contributed by atoms with Crippen LogP contribution in [0.4, 0.5) is 5.82 Å². The van der Waals surface area contributed by atoms with Gasteiger partial charge in [0.15, 0.2) is 0 Å². The van der Waals surface area contributed by atoms with Crippen LogP contribution in [0.15, 0.2) is 48.5 Å². The molecule has 2 aromatic carbocycles. The Morgan fingerprint density at radius 2 is 1.84 bits per heavy atom. The maximum atomic E-state index is 9.95. The van der Waals surface area contributed by atoms with E-state index in [0.717, 1.165) is 72.0 Å². The third-order valence-corrected chi connectivity index (χ3v) is 7.02. The number of aromatic nitrogens is 2. The molecule has 5 nitrogen and oxygen atoms in total. The summed E-state index contributed by atoms with van der Waals surface area (Å²) in [5.41, 5.74) is 7.51. The first-order valence-electron chi connectivity index (χ1n) is 11.3. The van der Waals surface area contributed by atoms with E-state index in [2.05, 4.69) is 64.5 Å². The molecule has 6 heteroatoms. The van der Waals surface area contributed by atoms with E-state index in [-0.39, 0.29) is 0 Å². The highest BCUT2D eigenvalue weighted by molar-refractivity contribution is 6.30. The summed E-state index contributed by atoms with van der Waals surface area (Å²) in [4.78, 5) is 7.62. The van der Waals surface area contributed by atoms with Gasteiger partial charge in [-0.05, 0) is 43.2 Å². The number of imidazole rings is 1. The Morgan fingerprint density at radius 3 is 2.53 bits per heavy atom. The summed E-state index contributed by atoms with van der Waals surface area (Å²) < 4.78 is 2.28. The van der Waals surface area contributed by atoms with Crippen LogP contribution in [-0.2, 0) is 13.0 Å². The van der Waals surface area contributed by atoms with Crippen LogP contribution in [-0.4, -0.2) is 31.2 Å². The fourth-order valence-electron chi connectivity index (χ4n) is 5.10. The highest BCUT2D eigenvalue weighted by atomic mass is 35.5. The zero-order chi connectivity index (χ0) is 22.2. The minimum absolute atomic E-state index is 0.744. The first-order chi connectivity index (χ1) is 15.6. The van der Waals surface area contributed by atoms with Gasteiger partial charge in [-0.2, -0.15) is 9.66 Å². The number of H-pyrrole nitrogens is 1. The van der Waals surface area contributed by atoms with Crippen molar-refractivity contribution in [1.29, 1.82) is 5.26 Å². The lowest BCUT2D eigenvalue weighted by Gasteiger charge is -2.31. The number of para-hydroxylation sites is 2. The van der Waals surface area contributed by atoms with Crippen molar-refractivity contribution in [1.82, 2.24) is 4.98 Å². The predicted molar refractivity (Wildman–Crippen MR) is 128 cm³/mol. The summed E-state index contributed by atoms with van der Waals surface area (Å²) in [6, 6.07) is 19.0. The molecule has 32 heavy (non-hydrogen) atoms. The number of fused-ring (bicyclic) bond motifs is 3. The third-order valence-electron chi connectivity index (χ3n) is 6.77. The second kappa shape index (κ2) is 8.46. The summed E-state index contributed by atoms with van der Waals surface area (Å²) >= 11 is 6.05. The van der Waals surface area contributed by atoms with Crippen LogP contribution in [0.3, 0.4) is 0 Å². The van der Waals surface area contributed by atoms with Gasteiger partial charge in [0, 0.05) is 16.1 Å². The lowest BCUT2D eigenvalue weighted by Crippen LogP contribution is -3.13. The van der Waals surface area contributed by atoms with Crippen LogP contribution < -0.4 is 14.2 Å². The van der Waals surface area contributed by atoms with Crippen LogP contribution in [0.1, 0.15) is 29.2 Å². The average molecular weight is 446 g/mol. The van der Waals surface area contributed by atoms with E-state index in [4.69, 9.17) is 11.6 Å². The van der Waals surface area contributed by atoms with E-state index < -0.39 is 0 Å². The molecule has 2 N–H and O–H groups in total. The Labute approximate surface area is 193 Å². The quantitative estimate of drug-likeness (QED) is 0.474. The van der Waals surface area contributed by atoms with Gasteiger partial charge in [0.05, 0.1) is 0 Å². The van der Waals surface area contributed by atoms with Gasteiger partial charge in [-0.3, -0.25) is 9.88 Å². The molecule has 0 saturated carbocycles. The van der Waals surface area contributed by atoms with Crippen molar-refractivity contribution in [2.24, 2.45) is 0 Å². The smallest absolute Gasteiger partial charge is 0.250 e. The second-order valence-electron chi connectivity index (χ2n) is 8.63. The molecule has 0 atom stereocenters. The van der Waals surface area contributed by atoms with Crippen molar-refractivity contribution in [3.8, 4) is 6.07 Å². The normalized spacial score (nSPS) is 14.9. The number of piperazine rings is 1. The van der Waals surface area contributed by atoms with Gasteiger partial charge in [0.2, 0.25) is 11.5 Å². The number of halogens is 1. The van der Waals surface area contributed by atoms with Crippen molar-refractivity contribution < 1.29 is 9.30 Å². The summed E-state index contributed by atoms with van der Waals surface area (Å²) in [6.45, 7) is 9.44. The molecule has 1 saturated heterocycles. The standard InChI is InChI=1S/C26H26ClN5/c1-3-21-18(2)22(16-28)25-29-23-6-4-5-7-24(23)32(25)26(21)31-14-12-30(13-15-31)17-19-8-10-20(27)11-9-19/h4-11H,3,12-15,17H2,1-2H3/p+2. The lowest BCUT2D eigenvalue weighted by molar-refractivity contribution is -0.914. The molecule has 3 heterocycles. The average Bonchev–Trinajstić information content (AvgIpc) is 3.19. The van der Waals surface area contributed by atoms with Crippen LogP contribution in [0, 0.1) is 18.3 Å². The number of nitrogens with one attached hydrogen (secondary N) is 2. The molecule has 162 valence electrons. The van der Waals surface area contributed by atoms with E-state index in [1.54, 1.807) is 4.90 Å². The van der Waals surface area contributed by atoms with Crippen LogP contribution in [0.25, 0.3) is 16.7 Å². The van der Waals surface area contributed by atoms with E-state index in [1.807, 2.05) is 18.2 Å². The summed E-state index contributed by atoms with van der Waals surface area (Å²) in [6.07, 6.45) is 0.899. The third kappa shape index (κ3) is 3.50. The molecular formula is C26H28ClN5+2. The second-order valence-corrected chi connectivity index (χ2v) is 9.07. The zero-order valence-electron chi connectivity index (χ0n) is 18.6. The van der Waals surface area contributed by atoms with Crippen molar-refractivity contribution in [2.75, 3.05) is 31.1 Å². The number of rotatable bonds is 4. The predicted octanol–water partition coefficient (Wildman–Crippen LogP) is 3.21. The van der Waals surface area contributed by atoms with Crippen LogP contribution in [0.2, 0.25) is 5.02 Å². The molecule has 1 fully saturated rings. The van der Waals surface area contributed by atoms with Gasteiger partial charge in [0.1, 0.15) is 55.4 Å². The molecule has 4 aromatic rings. The topological polar surface area (TPSA) is 51.4 Å². The molecule has 5 rings (SSSR count). The first kappa shape index (κ1) is 20.8. The first-order valence-corrected chi connectivity index (χ1v) is 11.7. The molecule has 1 aliphatic heterocycles.